The predicted molar refractivity (Wildman–Crippen MR) is 99.1 cm³/mol. The third-order valence-corrected chi connectivity index (χ3v) is 6.30. The normalized spacial score (nSPS) is 28.5. The second kappa shape index (κ2) is 7.37. The first kappa shape index (κ1) is 19.5. The number of piperidine rings is 3. The molecule has 4 heterocycles. The highest BCUT2D eigenvalue weighted by Crippen LogP contribution is 2.47. The molecule has 0 amide bonds. The highest BCUT2D eigenvalue weighted by molar-refractivity contribution is 5.83. The number of fused-ring (bicyclic) bond motifs is 4. The van der Waals surface area contributed by atoms with Gasteiger partial charge in [0.05, 0.1) is 19.7 Å². The summed E-state index contributed by atoms with van der Waals surface area (Å²) in [6.45, 7) is 6.16. The quantitative estimate of drug-likeness (QED) is 0.306. The molecule has 2 bridgehead atoms. The Morgan fingerprint density at radius 3 is 2.92 bits per heavy atom. The van der Waals surface area contributed by atoms with Crippen LogP contribution >= 0.6 is 0 Å². The Bertz CT molecular complexity index is 812. The van der Waals surface area contributed by atoms with E-state index in [0.29, 0.717) is 5.92 Å². The average molecular weight is 465 g/mol. The van der Waals surface area contributed by atoms with Crippen LogP contribution in [0, 0.1) is 11.8 Å². The standard InChI is InChI=1S/C21H26N2O2.HI/c1-4-14-13-23(2)10-8-15(14)11-20(23)21(24)17-7-9-22-19-6-5-16(25-3)12-18(17)19;/h4-7,9,12,14,20-21,24H,1,8,10-11,13H2,2-3H3;1H/q+2;/p-1/t14-,20+,21-,23-;/m0./s1. The summed E-state index contributed by atoms with van der Waals surface area (Å²) in [7, 11) is 3.95. The number of nitrogens with zero attached hydrogens (tertiary/aromatic N) is 2. The minimum Gasteiger partial charge on any atom is -1.00 e. The molecule has 0 spiro atoms. The maximum absolute atomic E-state index is 11.3. The summed E-state index contributed by atoms with van der Waals surface area (Å²) in [4.78, 5) is 4.45. The van der Waals surface area contributed by atoms with Gasteiger partial charge < -0.3 is 38.3 Å². The number of methoxy groups -OCH3 is 1. The molecule has 4 atom stereocenters. The van der Waals surface area contributed by atoms with Gasteiger partial charge in [-0.05, 0) is 35.9 Å². The molecule has 0 radical (unpaired) electrons. The lowest BCUT2D eigenvalue weighted by atomic mass is 9.72. The first-order valence-corrected chi connectivity index (χ1v) is 8.98. The van der Waals surface area contributed by atoms with Gasteiger partial charge in [-0.1, -0.05) is 6.58 Å². The average Bonchev–Trinajstić information content (AvgIpc) is 2.66. The van der Waals surface area contributed by atoms with Crippen LogP contribution in [0.5, 0.6) is 5.75 Å². The predicted octanol–water partition coefficient (Wildman–Crippen LogP) is 0.280. The van der Waals surface area contributed by atoms with Crippen molar-refractivity contribution in [3.63, 3.8) is 0 Å². The summed E-state index contributed by atoms with van der Waals surface area (Å²) in [6.07, 6.45) is 5.50. The zero-order chi connectivity index (χ0) is 17.6. The number of aliphatic hydroxyl groups is 1. The Balaban J connectivity index is 0.00000196. The lowest BCUT2D eigenvalue weighted by Gasteiger charge is -2.50. The number of benzene rings is 1. The van der Waals surface area contributed by atoms with Gasteiger partial charge in [0.1, 0.15) is 43.7 Å². The van der Waals surface area contributed by atoms with Crippen LogP contribution in [0.25, 0.3) is 10.9 Å². The van der Waals surface area contributed by atoms with E-state index in [1.807, 2.05) is 24.3 Å². The lowest BCUT2D eigenvalue weighted by molar-refractivity contribution is -0.950. The van der Waals surface area contributed by atoms with Gasteiger partial charge in [0.25, 0.3) is 0 Å². The van der Waals surface area contributed by atoms with Gasteiger partial charge >= 0.3 is 0 Å². The van der Waals surface area contributed by atoms with Crippen LogP contribution in [-0.2, 0) is 0 Å². The Labute approximate surface area is 172 Å². The highest BCUT2D eigenvalue weighted by atomic mass is 127. The Morgan fingerprint density at radius 1 is 1.42 bits per heavy atom. The van der Waals surface area contributed by atoms with Crippen molar-refractivity contribution in [1.29, 1.82) is 0 Å². The van der Waals surface area contributed by atoms with Crippen LogP contribution in [0.1, 0.15) is 24.5 Å². The first-order chi connectivity index (χ1) is 12.1. The number of aliphatic hydroxyl groups excluding tert-OH is 1. The molecule has 3 aliphatic heterocycles. The van der Waals surface area contributed by atoms with Crippen LogP contribution in [-0.4, -0.2) is 47.9 Å². The summed E-state index contributed by atoms with van der Waals surface area (Å²) in [5.74, 6) is 2.84. The lowest BCUT2D eigenvalue weighted by Crippen LogP contribution is -3.00. The molecule has 0 unspecified atom stereocenters. The van der Waals surface area contributed by atoms with Crippen molar-refractivity contribution in [3.8, 4) is 5.75 Å². The first-order valence-electron chi connectivity index (χ1n) is 8.98. The van der Waals surface area contributed by atoms with Crippen molar-refractivity contribution in [2.45, 2.75) is 25.0 Å². The van der Waals surface area contributed by atoms with E-state index >= 15 is 0 Å². The van der Waals surface area contributed by atoms with Crippen LogP contribution in [0.2, 0.25) is 0 Å². The molecule has 138 valence electrons. The molecule has 1 aromatic carbocycles. The van der Waals surface area contributed by atoms with E-state index in [4.69, 9.17) is 4.74 Å². The minimum atomic E-state index is -0.510. The molecule has 0 aliphatic carbocycles. The van der Waals surface area contributed by atoms with Gasteiger partial charge in [-0.2, -0.15) is 0 Å². The number of pyridine rings is 1. The van der Waals surface area contributed by atoms with Crippen molar-refractivity contribution < 1.29 is 38.3 Å². The fourth-order valence-corrected chi connectivity index (χ4v) is 4.73. The third kappa shape index (κ3) is 3.10. The van der Waals surface area contributed by atoms with E-state index in [9.17, 15) is 5.11 Å². The fourth-order valence-electron chi connectivity index (χ4n) is 4.73. The summed E-state index contributed by atoms with van der Waals surface area (Å²) in [5.41, 5.74) is 1.85. The molecule has 3 saturated heterocycles. The number of hydrogen-bond acceptors (Lipinski definition) is 3. The van der Waals surface area contributed by atoms with Gasteiger partial charge in [0, 0.05) is 11.6 Å². The number of aromatic nitrogens is 1. The van der Waals surface area contributed by atoms with Crippen molar-refractivity contribution in [2.75, 3.05) is 27.2 Å². The van der Waals surface area contributed by atoms with E-state index in [1.54, 1.807) is 19.2 Å². The molecule has 2 aromatic rings. The maximum Gasteiger partial charge on any atom is 0.167 e. The molecule has 1 aromatic heterocycles. The Hall–Kier alpha value is -1.31. The van der Waals surface area contributed by atoms with Gasteiger partial charge in [-0.25, -0.2) is 0 Å². The second-order valence-electron chi connectivity index (χ2n) is 7.64. The smallest absolute Gasteiger partial charge is 0.167 e. The number of likely N-dealkylation sites (N-methyl/N-ethyl adjacent to an activating group) is 1. The largest absolute Gasteiger partial charge is 1.00 e. The maximum atomic E-state index is 11.3. The fraction of sp³-hybridized carbons (Fsp3) is 0.429. The number of quaternary nitrogens is 1. The summed E-state index contributed by atoms with van der Waals surface area (Å²) in [5, 5.41) is 12.3. The Kier molecular flexibility index (Phi) is 5.51. The monoisotopic (exact) mass is 465 g/mol. The van der Waals surface area contributed by atoms with Gasteiger partial charge in [-0.3, -0.25) is 4.98 Å². The summed E-state index contributed by atoms with van der Waals surface area (Å²) < 4.78 is 6.28. The zero-order valence-electron chi connectivity index (χ0n) is 15.4. The van der Waals surface area contributed by atoms with E-state index in [1.165, 1.54) is 0 Å². The van der Waals surface area contributed by atoms with E-state index in [-0.39, 0.29) is 30.0 Å². The zero-order valence-corrected chi connectivity index (χ0v) is 17.5. The molecule has 0 saturated carbocycles. The second-order valence-corrected chi connectivity index (χ2v) is 7.64. The van der Waals surface area contributed by atoms with Crippen LogP contribution in [0.4, 0.5) is 0 Å². The van der Waals surface area contributed by atoms with Crippen molar-refractivity contribution in [3.05, 3.63) is 54.6 Å². The minimum absolute atomic E-state index is 0. The molecule has 5 rings (SSSR count). The number of ether oxygens (including phenoxy) is 1. The molecule has 4 nitrogen and oxygen atoms in total. The molecule has 3 aliphatic rings. The highest BCUT2D eigenvalue weighted by Gasteiger charge is 2.58. The van der Waals surface area contributed by atoms with Crippen molar-refractivity contribution in [2.24, 2.45) is 5.92 Å². The molecule has 3 fully saturated rings. The van der Waals surface area contributed by atoms with Crippen LogP contribution in [0.3, 0.4) is 0 Å². The van der Waals surface area contributed by atoms with Crippen LogP contribution in [0.15, 0.2) is 43.1 Å². The number of halogens is 1. The van der Waals surface area contributed by atoms with E-state index in [2.05, 4.69) is 24.7 Å². The molecule has 5 heteroatoms. The topological polar surface area (TPSA) is 42.4 Å². The number of rotatable bonds is 4. The summed E-state index contributed by atoms with van der Waals surface area (Å²) in [6, 6.07) is 8.00. The number of hydrogen-bond donors (Lipinski definition) is 1. The SMILES string of the molecule is C=C[C@H]1C[N@+]2(C)CC[C+]1C[C@@H]2[C@@H](O)c1ccnc2ccc(OC)cc12.[I-]. The molecule has 26 heavy (non-hydrogen) atoms. The van der Waals surface area contributed by atoms with Gasteiger partial charge in [0.15, 0.2) is 12.0 Å². The van der Waals surface area contributed by atoms with Gasteiger partial charge in [0.2, 0.25) is 0 Å². The Morgan fingerprint density at radius 2 is 2.23 bits per heavy atom. The molecular weight excluding hydrogens is 439 g/mol. The summed E-state index contributed by atoms with van der Waals surface area (Å²) >= 11 is 0. The van der Waals surface area contributed by atoms with Crippen molar-refractivity contribution >= 4 is 10.9 Å². The molecular formula is C21H26IN2O2+. The van der Waals surface area contributed by atoms with E-state index in [0.717, 1.165) is 52.6 Å². The van der Waals surface area contributed by atoms with Gasteiger partial charge in [-0.15, -0.1) is 0 Å². The van der Waals surface area contributed by atoms with Crippen molar-refractivity contribution in [1.82, 2.24) is 4.98 Å². The van der Waals surface area contributed by atoms with E-state index < -0.39 is 6.10 Å². The molecule has 1 N–H and O–H groups in total. The van der Waals surface area contributed by atoms with Crippen LogP contribution < -0.4 is 28.7 Å². The third-order valence-electron chi connectivity index (χ3n) is 6.30.